The van der Waals surface area contributed by atoms with Crippen molar-refractivity contribution >= 4 is 17.6 Å². The lowest BCUT2D eigenvalue weighted by Crippen LogP contribution is -2.16. The van der Waals surface area contributed by atoms with Crippen molar-refractivity contribution in [3.8, 4) is 5.75 Å². The van der Waals surface area contributed by atoms with Crippen LogP contribution in [0.1, 0.15) is 67.8 Å². The number of benzene rings is 2. The maximum absolute atomic E-state index is 12.3. The van der Waals surface area contributed by atoms with Crippen molar-refractivity contribution in [1.82, 2.24) is 0 Å². The Balaban J connectivity index is 1.48. The monoisotopic (exact) mass is 384 g/mol. The summed E-state index contributed by atoms with van der Waals surface area (Å²) in [5.74, 6) is 1.91. The number of esters is 1. The van der Waals surface area contributed by atoms with Crippen LogP contribution in [0.5, 0.6) is 5.75 Å². The van der Waals surface area contributed by atoms with E-state index in [0.29, 0.717) is 16.3 Å². The molecule has 0 amide bonds. The Bertz CT molecular complexity index is 713. The molecule has 1 saturated carbocycles. The van der Waals surface area contributed by atoms with E-state index >= 15 is 0 Å². The lowest BCUT2D eigenvalue weighted by Gasteiger charge is -2.28. The first-order chi connectivity index (χ1) is 13.1. The number of unbranched alkanes of at least 4 members (excludes halogenated alkanes) is 1. The maximum Gasteiger partial charge on any atom is 0.343 e. The fourth-order valence-electron chi connectivity index (χ4n) is 4.00. The fraction of sp³-hybridized carbons (Fsp3) is 0.458. The van der Waals surface area contributed by atoms with Crippen molar-refractivity contribution < 1.29 is 9.53 Å². The van der Waals surface area contributed by atoms with E-state index in [-0.39, 0.29) is 5.97 Å². The number of carbonyl (C=O) groups excluding carboxylic acids is 1. The summed E-state index contributed by atoms with van der Waals surface area (Å²) < 4.78 is 5.39. The molecule has 0 saturated heterocycles. The molecule has 0 N–H and O–H groups in total. The highest BCUT2D eigenvalue weighted by Crippen LogP contribution is 2.33. The van der Waals surface area contributed by atoms with Gasteiger partial charge >= 0.3 is 5.97 Å². The van der Waals surface area contributed by atoms with Crippen LogP contribution in [0.25, 0.3) is 0 Å². The molecule has 1 aliphatic rings. The zero-order chi connectivity index (χ0) is 19.1. The highest BCUT2D eigenvalue weighted by molar-refractivity contribution is 6.30. The van der Waals surface area contributed by atoms with E-state index in [4.69, 9.17) is 16.3 Å². The molecule has 0 heterocycles. The van der Waals surface area contributed by atoms with E-state index in [1.807, 2.05) is 12.1 Å². The number of halogens is 1. The van der Waals surface area contributed by atoms with E-state index in [2.05, 4.69) is 19.1 Å². The largest absolute Gasteiger partial charge is 0.423 e. The van der Waals surface area contributed by atoms with Crippen molar-refractivity contribution in [3.63, 3.8) is 0 Å². The third-order valence-corrected chi connectivity index (χ3v) is 5.92. The topological polar surface area (TPSA) is 26.3 Å². The first-order valence-corrected chi connectivity index (χ1v) is 10.6. The van der Waals surface area contributed by atoms with Gasteiger partial charge in [-0.25, -0.2) is 4.79 Å². The van der Waals surface area contributed by atoms with Gasteiger partial charge in [-0.15, -0.1) is 0 Å². The van der Waals surface area contributed by atoms with Crippen LogP contribution in [0, 0.1) is 11.8 Å². The Morgan fingerprint density at radius 3 is 2.22 bits per heavy atom. The summed E-state index contributed by atoms with van der Waals surface area (Å²) in [6.45, 7) is 2.28. The smallest absolute Gasteiger partial charge is 0.343 e. The van der Waals surface area contributed by atoms with E-state index in [0.717, 1.165) is 18.3 Å². The van der Waals surface area contributed by atoms with Crippen molar-refractivity contribution in [3.05, 3.63) is 64.7 Å². The molecule has 144 valence electrons. The minimum Gasteiger partial charge on any atom is -0.423 e. The lowest BCUT2D eigenvalue weighted by molar-refractivity contribution is 0.0735. The Kier molecular flexibility index (Phi) is 7.34. The standard InChI is InChI=1S/C24H29ClO2/c1-2-3-4-18-5-7-19(8-6-18)17-20-9-11-21(12-10-20)24(26)27-23-15-13-22(25)14-16-23/h9-16,18-19H,2-8,17H2,1H3. The van der Waals surface area contributed by atoms with Crippen LogP contribution in [0.3, 0.4) is 0 Å². The van der Waals surface area contributed by atoms with Crippen molar-refractivity contribution in [1.29, 1.82) is 0 Å². The Morgan fingerprint density at radius 2 is 1.59 bits per heavy atom. The predicted molar refractivity (Wildman–Crippen MR) is 112 cm³/mol. The van der Waals surface area contributed by atoms with Gasteiger partial charge in [-0.1, -0.05) is 62.8 Å². The molecule has 27 heavy (non-hydrogen) atoms. The van der Waals surface area contributed by atoms with Crippen LogP contribution in [0.2, 0.25) is 5.02 Å². The first kappa shape index (κ1) is 19.9. The molecule has 0 radical (unpaired) electrons. The van der Waals surface area contributed by atoms with Gasteiger partial charge in [0.1, 0.15) is 5.75 Å². The average Bonchev–Trinajstić information content (AvgIpc) is 2.70. The molecule has 0 atom stereocenters. The van der Waals surface area contributed by atoms with Gasteiger partial charge in [0.15, 0.2) is 0 Å². The number of hydrogen-bond donors (Lipinski definition) is 0. The van der Waals surface area contributed by atoms with Gasteiger partial charge in [-0.05, 0) is 73.1 Å². The van der Waals surface area contributed by atoms with E-state index in [1.54, 1.807) is 24.3 Å². The molecule has 1 fully saturated rings. The summed E-state index contributed by atoms with van der Waals surface area (Å²) in [5.41, 5.74) is 1.90. The van der Waals surface area contributed by atoms with Crippen LogP contribution in [-0.4, -0.2) is 5.97 Å². The second-order valence-corrected chi connectivity index (χ2v) is 8.21. The first-order valence-electron chi connectivity index (χ1n) is 10.2. The molecule has 2 aromatic rings. The van der Waals surface area contributed by atoms with Gasteiger partial charge in [-0.3, -0.25) is 0 Å². The Labute approximate surface area is 167 Å². The summed E-state index contributed by atoms with van der Waals surface area (Å²) in [4.78, 5) is 12.3. The van der Waals surface area contributed by atoms with Crippen LogP contribution in [0.15, 0.2) is 48.5 Å². The fourth-order valence-corrected chi connectivity index (χ4v) is 4.12. The second-order valence-electron chi connectivity index (χ2n) is 7.77. The highest BCUT2D eigenvalue weighted by atomic mass is 35.5. The molecular weight excluding hydrogens is 356 g/mol. The number of hydrogen-bond acceptors (Lipinski definition) is 2. The molecular formula is C24H29ClO2. The molecule has 0 bridgehead atoms. The minimum absolute atomic E-state index is 0.333. The summed E-state index contributed by atoms with van der Waals surface area (Å²) in [7, 11) is 0. The molecule has 2 nitrogen and oxygen atoms in total. The summed E-state index contributed by atoms with van der Waals surface area (Å²) >= 11 is 5.85. The zero-order valence-corrected chi connectivity index (χ0v) is 16.9. The van der Waals surface area contributed by atoms with Crippen LogP contribution in [-0.2, 0) is 6.42 Å². The maximum atomic E-state index is 12.3. The van der Waals surface area contributed by atoms with Crippen molar-refractivity contribution in [2.75, 3.05) is 0 Å². The minimum atomic E-state index is -0.333. The quantitative estimate of drug-likeness (QED) is 0.376. The number of rotatable bonds is 7. The highest BCUT2D eigenvalue weighted by Gasteiger charge is 2.21. The zero-order valence-electron chi connectivity index (χ0n) is 16.1. The van der Waals surface area contributed by atoms with Crippen molar-refractivity contribution in [2.45, 2.75) is 58.3 Å². The number of ether oxygens (including phenoxy) is 1. The second kappa shape index (κ2) is 9.94. The molecule has 0 spiro atoms. The molecule has 0 aliphatic heterocycles. The van der Waals surface area contributed by atoms with Gasteiger partial charge in [0, 0.05) is 5.02 Å². The lowest BCUT2D eigenvalue weighted by atomic mass is 9.77. The Morgan fingerprint density at radius 1 is 0.963 bits per heavy atom. The summed E-state index contributed by atoms with van der Waals surface area (Å²) in [6, 6.07) is 14.7. The van der Waals surface area contributed by atoms with Gasteiger partial charge in [0.2, 0.25) is 0 Å². The van der Waals surface area contributed by atoms with Gasteiger partial charge in [0.05, 0.1) is 5.56 Å². The normalized spacial score (nSPS) is 19.6. The van der Waals surface area contributed by atoms with Crippen molar-refractivity contribution in [2.24, 2.45) is 11.8 Å². The molecule has 0 unspecified atom stereocenters. The predicted octanol–water partition coefficient (Wildman–Crippen LogP) is 7.10. The molecule has 3 heteroatoms. The van der Waals surface area contributed by atoms with Crippen LogP contribution in [0.4, 0.5) is 0 Å². The third kappa shape index (κ3) is 6.10. The molecule has 0 aromatic heterocycles. The van der Waals surface area contributed by atoms with Gasteiger partial charge in [0.25, 0.3) is 0 Å². The van der Waals surface area contributed by atoms with E-state index in [9.17, 15) is 4.79 Å². The van der Waals surface area contributed by atoms with E-state index < -0.39 is 0 Å². The SMILES string of the molecule is CCCCC1CCC(Cc2ccc(C(=O)Oc3ccc(Cl)cc3)cc2)CC1. The Hall–Kier alpha value is -1.80. The van der Waals surface area contributed by atoms with Gasteiger partial charge < -0.3 is 4.74 Å². The molecule has 1 aliphatic carbocycles. The summed E-state index contributed by atoms with van der Waals surface area (Å²) in [6.07, 6.45) is 10.7. The molecule has 3 rings (SSSR count). The van der Waals surface area contributed by atoms with E-state index in [1.165, 1.54) is 50.5 Å². The van der Waals surface area contributed by atoms with Gasteiger partial charge in [-0.2, -0.15) is 0 Å². The molecule has 2 aromatic carbocycles. The third-order valence-electron chi connectivity index (χ3n) is 5.67. The van der Waals surface area contributed by atoms with Crippen LogP contribution < -0.4 is 4.74 Å². The van der Waals surface area contributed by atoms with Crippen LogP contribution >= 0.6 is 11.6 Å². The average molecular weight is 385 g/mol. The number of carbonyl (C=O) groups is 1. The summed E-state index contributed by atoms with van der Waals surface area (Å²) in [5, 5.41) is 0.624.